The van der Waals surface area contributed by atoms with E-state index in [0.717, 1.165) is 23.1 Å². The first-order valence-corrected chi connectivity index (χ1v) is 6.32. The van der Waals surface area contributed by atoms with E-state index in [1.807, 2.05) is 29.2 Å². The van der Waals surface area contributed by atoms with Gasteiger partial charge in [0.05, 0.1) is 18.0 Å². The molecule has 2 rings (SSSR count). The van der Waals surface area contributed by atoms with E-state index in [2.05, 4.69) is 15.4 Å². The zero-order valence-electron chi connectivity index (χ0n) is 10.0. The van der Waals surface area contributed by atoms with Crippen LogP contribution in [0.3, 0.4) is 0 Å². The Balaban J connectivity index is 1.99. The molecule has 2 heterocycles. The smallest absolute Gasteiger partial charge is 0.191 e. The van der Waals surface area contributed by atoms with Crippen LogP contribution in [0.15, 0.2) is 17.5 Å². The van der Waals surface area contributed by atoms with E-state index >= 15 is 0 Å². The van der Waals surface area contributed by atoms with Crippen molar-refractivity contribution in [1.29, 1.82) is 0 Å². The van der Waals surface area contributed by atoms with Gasteiger partial charge >= 0.3 is 0 Å². The Morgan fingerprint density at radius 3 is 3.12 bits per heavy atom. The Labute approximate surface area is 104 Å². The minimum atomic E-state index is 0.704. The summed E-state index contributed by atoms with van der Waals surface area (Å²) in [5.41, 5.74) is 0. The van der Waals surface area contributed by atoms with Crippen LogP contribution in [0.1, 0.15) is 5.82 Å². The van der Waals surface area contributed by atoms with Gasteiger partial charge in [-0.2, -0.15) is 5.10 Å². The van der Waals surface area contributed by atoms with E-state index in [1.54, 1.807) is 18.4 Å². The van der Waals surface area contributed by atoms with E-state index in [9.17, 15) is 0 Å². The molecule has 2 aromatic heterocycles. The lowest BCUT2D eigenvalue weighted by Gasteiger charge is -2.02. The van der Waals surface area contributed by atoms with E-state index < -0.39 is 0 Å². The van der Waals surface area contributed by atoms with Crippen LogP contribution in [0.5, 0.6) is 0 Å². The molecule has 0 saturated carbocycles. The molecule has 0 radical (unpaired) electrons. The third-order valence-electron chi connectivity index (χ3n) is 2.36. The molecule has 0 aromatic carbocycles. The summed E-state index contributed by atoms with van der Waals surface area (Å²) in [5.74, 6) is 1.73. The summed E-state index contributed by atoms with van der Waals surface area (Å²) in [7, 11) is 3.61. The molecule has 0 fully saturated rings. The largest absolute Gasteiger partial charge is 0.383 e. The Hall–Kier alpha value is -1.24. The van der Waals surface area contributed by atoms with Gasteiger partial charge in [-0.25, -0.2) is 4.98 Å². The number of nitrogens with zero attached hydrogens (tertiary/aromatic N) is 3. The van der Waals surface area contributed by atoms with Crippen LogP contribution in [0, 0.1) is 0 Å². The number of ether oxygens (including phenoxy) is 1. The molecule has 17 heavy (non-hydrogen) atoms. The van der Waals surface area contributed by atoms with Gasteiger partial charge in [-0.3, -0.25) is 4.68 Å². The molecule has 0 atom stereocenters. The SMILES string of the molecule is COCCNCc1nc(-c2cccs2)nn1C. The minimum Gasteiger partial charge on any atom is -0.383 e. The van der Waals surface area contributed by atoms with Crippen LogP contribution in [-0.2, 0) is 18.3 Å². The quantitative estimate of drug-likeness (QED) is 0.787. The standard InChI is InChI=1S/C11H16N4OS/c1-15-10(8-12-5-6-16-2)13-11(14-15)9-4-3-7-17-9/h3-4,7,12H,5-6,8H2,1-2H3. The second-order valence-electron chi connectivity index (χ2n) is 3.62. The molecule has 5 nitrogen and oxygen atoms in total. The van der Waals surface area contributed by atoms with Crippen molar-refractivity contribution in [3.8, 4) is 10.7 Å². The Kier molecular flexibility index (Phi) is 4.24. The second-order valence-corrected chi connectivity index (χ2v) is 4.57. The first-order valence-electron chi connectivity index (χ1n) is 5.44. The van der Waals surface area contributed by atoms with Crippen molar-refractivity contribution in [1.82, 2.24) is 20.1 Å². The maximum absolute atomic E-state index is 4.97. The summed E-state index contributed by atoms with van der Waals surface area (Å²) < 4.78 is 6.78. The van der Waals surface area contributed by atoms with Crippen molar-refractivity contribution in [3.05, 3.63) is 23.3 Å². The molecule has 1 N–H and O–H groups in total. The molecule has 0 bridgehead atoms. The fraction of sp³-hybridized carbons (Fsp3) is 0.455. The first kappa shape index (κ1) is 12.2. The Morgan fingerprint density at radius 1 is 1.53 bits per heavy atom. The van der Waals surface area contributed by atoms with Gasteiger partial charge in [0, 0.05) is 20.7 Å². The van der Waals surface area contributed by atoms with E-state index in [4.69, 9.17) is 4.74 Å². The molecule has 0 aliphatic rings. The van der Waals surface area contributed by atoms with Crippen molar-refractivity contribution in [3.63, 3.8) is 0 Å². The number of rotatable bonds is 6. The van der Waals surface area contributed by atoms with Crippen LogP contribution < -0.4 is 5.32 Å². The maximum atomic E-state index is 4.97. The molecule has 6 heteroatoms. The van der Waals surface area contributed by atoms with Crippen LogP contribution in [-0.4, -0.2) is 35.0 Å². The summed E-state index contributed by atoms with van der Waals surface area (Å²) in [6, 6.07) is 4.04. The van der Waals surface area contributed by atoms with Gasteiger partial charge in [0.15, 0.2) is 5.82 Å². The fourth-order valence-corrected chi connectivity index (χ4v) is 2.11. The molecular formula is C11H16N4OS. The van der Waals surface area contributed by atoms with E-state index in [0.29, 0.717) is 13.2 Å². The molecular weight excluding hydrogens is 236 g/mol. The third kappa shape index (κ3) is 3.12. The number of hydrogen-bond acceptors (Lipinski definition) is 5. The van der Waals surface area contributed by atoms with Gasteiger partial charge in [0.2, 0.25) is 0 Å². The molecule has 92 valence electrons. The molecule has 0 amide bonds. The fourth-order valence-electron chi connectivity index (χ4n) is 1.46. The Morgan fingerprint density at radius 2 is 2.41 bits per heavy atom. The van der Waals surface area contributed by atoms with E-state index in [-0.39, 0.29) is 0 Å². The molecule has 0 spiro atoms. The number of aromatic nitrogens is 3. The predicted molar refractivity (Wildman–Crippen MR) is 67.9 cm³/mol. The van der Waals surface area contributed by atoms with Crippen LogP contribution >= 0.6 is 11.3 Å². The lowest BCUT2D eigenvalue weighted by molar-refractivity contribution is 0.199. The van der Waals surface area contributed by atoms with Crippen molar-refractivity contribution < 1.29 is 4.74 Å². The number of aryl methyl sites for hydroxylation is 1. The monoisotopic (exact) mass is 252 g/mol. The molecule has 0 saturated heterocycles. The van der Waals surface area contributed by atoms with Crippen LogP contribution in [0.4, 0.5) is 0 Å². The molecule has 0 aliphatic heterocycles. The number of thiophene rings is 1. The zero-order valence-corrected chi connectivity index (χ0v) is 10.8. The summed E-state index contributed by atoms with van der Waals surface area (Å²) >= 11 is 1.65. The van der Waals surface area contributed by atoms with Gasteiger partial charge in [0.1, 0.15) is 5.82 Å². The van der Waals surface area contributed by atoms with Gasteiger partial charge < -0.3 is 10.1 Å². The summed E-state index contributed by atoms with van der Waals surface area (Å²) in [4.78, 5) is 5.61. The molecule has 2 aromatic rings. The lowest BCUT2D eigenvalue weighted by atomic mass is 10.4. The Bertz CT molecular complexity index is 452. The predicted octanol–water partition coefficient (Wildman–Crippen LogP) is 1.28. The average molecular weight is 252 g/mol. The van der Waals surface area contributed by atoms with Crippen molar-refractivity contribution in [2.24, 2.45) is 7.05 Å². The van der Waals surface area contributed by atoms with Gasteiger partial charge in [-0.15, -0.1) is 11.3 Å². The number of methoxy groups -OCH3 is 1. The molecule has 0 unspecified atom stereocenters. The van der Waals surface area contributed by atoms with Crippen molar-refractivity contribution in [2.75, 3.05) is 20.3 Å². The highest BCUT2D eigenvalue weighted by Gasteiger charge is 2.09. The summed E-state index contributed by atoms with van der Waals surface area (Å²) in [5, 5.41) is 9.68. The number of nitrogens with one attached hydrogen (secondary N) is 1. The lowest BCUT2D eigenvalue weighted by Crippen LogP contribution is -2.20. The third-order valence-corrected chi connectivity index (χ3v) is 3.23. The summed E-state index contributed by atoms with van der Waals surface area (Å²) in [6.45, 7) is 2.23. The van der Waals surface area contributed by atoms with Crippen molar-refractivity contribution in [2.45, 2.75) is 6.54 Å². The van der Waals surface area contributed by atoms with Crippen LogP contribution in [0.2, 0.25) is 0 Å². The van der Waals surface area contributed by atoms with Gasteiger partial charge in [0.25, 0.3) is 0 Å². The molecule has 0 aliphatic carbocycles. The van der Waals surface area contributed by atoms with Crippen LogP contribution in [0.25, 0.3) is 10.7 Å². The highest BCUT2D eigenvalue weighted by Crippen LogP contribution is 2.20. The zero-order chi connectivity index (χ0) is 12.1. The summed E-state index contributed by atoms with van der Waals surface area (Å²) in [6.07, 6.45) is 0. The maximum Gasteiger partial charge on any atom is 0.191 e. The minimum absolute atomic E-state index is 0.704. The second kappa shape index (κ2) is 5.90. The van der Waals surface area contributed by atoms with Gasteiger partial charge in [-0.1, -0.05) is 6.07 Å². The number of hydrogen-bond donors (Lipinski definition) is 1. The van der Waals surface area contributed by atoms with Crippen molar-refractivity contribution >= 4 is 11.3 Å². The normalized spacial score (nSPS) is 10.9. The highest BCUT2D eigenvalue weighted by atomic mass is 32.1. The van der Waals surface area contributed by atoms with E-state index in [1.165, 1.54) is 0 Å². The first-order chi connectivity index (χ1) is 8.31. The topological polar surface area (TPSA) is 52.0 Å². The highest BCUT2D eigenvalue weighted by molar-refractivity contribution is 7.13. The average Bonchev–Trinajstić information content (AvgIpc) is 2.94. The van der Waals surface area contributed by atoms with Gasteiger partial charge in [-0.05, 0) is 11.4 Å².